The van der Waals surface area contributed by atoms with Crippen LogP contribution in [0.3, 0.4) is 0 Å². The highest BCUT2D eigenvalue weighted by Crippen LogP contribution is 2.57. The number of para-hydroxylation sites is 1. The van der Waals surface area contributed by atoms with Gasteiger partial charge in [-0.2, -0.15) is 4.31 Å². The summed E-state index contributed by atoms with van der Waals surface area (Å²) in [5.41, 5.74) is 2.22. The van der Waals surface area contributed by atoms with Crippen molar-refractivity contribution in [3.05, 3.63) is 94.6 Å². The Kier molecular flexibility index (Phi) is 7.65. The Hall–Kier alpha value is -2.98. The quantitative estimate of drug-likeness (QED) is 0.328. The number of aryl methyl sites for hydroxylation is 1. The normalized spacial score (nSPS) is 19.0. The molecule has 3 aromatic carbocycles. The molecule has 1 heterocycles. The molecule has 4 rings (SSSR count). The number of nitrogens with zero attached hydrogens (tertiary/aromatic N) is 1. The van der Waals surface area contributed by atoms with E-state index < -0.39 is 34.3 Å². The average Bonchev–Trinajstić information content (AvgIpc) is 2.93. The molecule has 2 atom stereocenters. The molecule has 1 aliphatic heterocycles. The summed E-state index contributed by atoms with van der Waals surface area (Å²) in [5.74, 6) is -3.09. The molecule has 0 saturated heterocycles. The number of benzene rings is 3. The van der Waals surface area contributed by atoms with Gasteiger partial charge >= 0.3 is 5.97 Å². The Morgan fingerprint density at radius 2 is 1.89 bits per heavy atom. The maximum absolute atomic E-state index is 14.6. The monoisotopic (exact) mass is 517 g/mol. The zero-order valence-corrected chi connectivity index (χ0v) is 20.8. The van der Waals surface area contributed by atoms with Gasteiger partial charge in [0.1, 0.15) is 28.4 Å². The first-order valence-electron chi connectivity index (χ1n) is 11.6. The fourth-order valence-corrected chi connectivity index (χ4v) is 6.08. The van der Waals surface area contributed by atoms with Crippen LogP contribution in [0.15, 0.2) is 65.6 Å². The summed E-state index contributed by atoms with van der Waals surface area (Å²) >= 11 is 0. The van der Waals surface area contributed by atoms with Crippen LogP contribution in [0, 0.1) is 18.6 Å². The molecule has 0 aliphatic carbocycles. The van der Waals surface area contributed by atoms with E-state index >= 15 is 0 Å². The minimum atomic E-state index is -3.38. The van der Waals surface area contributed by atoms with Crippen molar-refractivity contribution < 1.29 is 32.5 Å². The molecule has 0 spiro atoms. The first-order valence-corrected chi connectivity index (χ1v) is 13.2. The van der Waals surface area contributed by atoms with Crippen molar-refractivity contribution >= 4 is 16.7 Å². The molecule has 192 valence electrons. The molecule has 0 amide bonds. The molecular formula is C27H29F2NO5S. The van der Waals surface area contributed by atoms with Crippen LogP contribution in [0.25, 0.3) is 0 Å². The van der Waals surface area contributed by atoms with Crippen molar-refractivity contribution in [1.82, 2.24) is 4.31 Å². The summed E-state index contributed by atoms with van der Waals surface area (Å²) in [5, 5.41) is 9.50. The highest BCUT2D eigenvalue weighted by molar-refractivity contribution is 8.22. The number of aliphatic carboxylic acids is 1. The van der Waals surface area contributed by atoms with Gasteiger partial charge in [-0.15, -0.1) is 10.8 Å². The third-order valence-electron chi connectivity index (χ3n) is 6.50. The number of ether oxygens (including phenoxy) is 1. The van der Waals surface area contributed by atoms with Gasteiger partial charge in [0.15, 0.2) is 0 Å². The van der Waals surface area contributed by atoms with E-state index in [2.05, 4.69) is 0 Å². The van der Waals surface area contributed by atoms with E-state index in [1.54, 1.807) is 46.8 Å². The van der Waals surface area contributed by atoms with Crippen LogP contribution in [0.2, 0.25) is 0 Å². The summed E-state index contributed by atoms with van der Waals surface area (Å²) in [6.07, 6.45) is 0.00358. The first kappa shape index (κ1) is 26.1. The maximum Gasteiger partial charge on any atom is 0.304 e. The van der Waals surface area contributed by atoms with Crippen LogP contribution < -0.4 is 4.74 Å². The van der Waals surface area contributed by atoms with Crippen molar-refractivity contribution in [2.24, 2.45) is 0 Å². The largest absolute Gasteiger partial charge is 0.487 e. The maximum atomic E-state index is 14.6. The first-order chi connectivity index (χ1) is 17.1. The Morgan fingerprint density at radius 3 is 2.58 bits per heavy atom. The molecular weight excluding hydrogens is 488 g/mol. The van der Waals surface area contributed by atoms with E-state index in [0.717, 1.165) is 23.3 Å². The number of hydrogen-bond donors (Lipinski definition) is 3. The van der Waals surface area contributed by atoms with Gasteiger partial charge in [-0.25, -0.2) is 8.78 Å². The molecule has 0 fully saturated rings. The number of fused-ring (bicyclic) bond motifs is 1. The van der Waals surface area contributed by atoms with E-state index in [4.69, 9.17) is 4.74 Å². The summed E-state index contributed by atoms with van der Waals surface area (Å²) < 4.78 is 58.4. The molecule has 0 radical (unpaired) electrons. The number of carboxylic acids is 1. The standard InChI is InChI=1S/C27H29F2NO5S/c1-3-21-16-30(36(33,34)26-7-5-4-6-25(26)35-21)15-19-12-18(9-8-17(19)2)23(14-27(31)32)22-11-10-20(28)13-24(22)29/h4-13,21,23,33-34H,3,14-16H2,1-2H3,(H,31,32). The van der Waals surface area contributed by atoms with E-state index in [1.165, 1.54) is 6.07 Å². The zero-order valence-electron chi connectivity index (χ0n) is 20.0. The summed E-state index contributed by atoms with van der Waals surface area (Å²) in [4.78, 5) is 11.9. The molecule has 2 unspecified atom stereocenters. The van der Waals surface area contributed by atoms with Gasteiger partial charge < -0.3 is 9.84 Å². The van der Waals surface area contributed by atoms with Crippen molar-refractivity contribution in [3.8, 4) is 5.75 Å². The summed E-state index contributed by atoms with van der Waals surface area (Å²) in [6.45, 7) is 4.25. The summed E-state index contributed by atoms with van der Waals surface area (Å²) in [6, 6.07) is 15.3. The van der Waals surface area contributed by atoms with Gasteiger partial charge in [0, 0.05) is 18.5 Å². The van der Waals surface area contributed by atoms with Crippen molar-refractivity contribution in [2.75, 3.05) is 6.54 Å². The lowest BCUT2D eigenvalue weighted by Crippen LogP contribution is -2.34. The second kappa shape index (κ2) is 10.6. The lowest BCUT2D eigenvalue weighted by atomic mass is 9.86. The third kappa shape index (κ3) is 5.39. The molecule has 36 heavy (non-hydrogen) atoms. The van der Waals surface area contributed by atoms with Crippen molar-refractivity contribution in [2.45, 2.75) is 50.2 Å². The van der Waals surface area contributed by atoms with E-state index in [1.807, 2.05) is 13.8 Å². The topological polar surface area (TPSA) is 90.2 Å². The Morgan fingerprint density at radius 1 is 1.14 bits per heavy atom. The number of carboxylic acid groups (broad SMARTS) is 1. The third-order valence-corrected chi connectivity index (χ3v) is 8.43. The molecule has 1 aliphatic rings. The predicted octanol–water partition coefficient (Wildman–Crippen LogP) is 6.58. The van der Waals surface area contributed by atoms with Crippen LogP contribution in [0.5, 0.6) is 5.75 Å². The van der Waals surface area contributed by atoms with Crippen molar-refractivity contribution in [1.29, 1.82) is 0 Å². The minimum Gasteiger partial charge on any atom is -0.487 e. The molecule has 0 saturated carbocycles. The molecule has 0 aromatic heterocycles. The van der Waals surface area contributed by atoms with Gasteiger partial charge in [-0.05, 0) is 53.8 Å². The van der Waals surface area contributed by atoms with Crippen molar-refractivity contribution in [3.63, 3.8) is 0 Å². The fourth-order valence-electron chi connectivity index (χ4n) is 4.46. The van der Waals surface area contributed by atoms with Gasteiger partial charge in [0.25, 0.3) is 0 Å². The van der Waals surface area contributed by atoms with Gasteiger partial charge in [-0.1, -0.05) is 43.3 Å². The molecule has 9 heteroatoms. The van der Waals surface area contributed by atoms with E-state index in [-0.39, 0.29) is 31.2 Å². The lowest BCUT2D eigenvalue weighted by molar-refractivity contribution is -0.137. The molecule has 3 N–H and O–H groups in total. The number of halogens is 2. The highest BCUT2D eigenvalue weighted by Gasteiger charge is 2.35. The summed E-state index contributed by atoms with van der Waals surface area (Å²) in [7, 11) is -3.38. The molecule has 3 aromatic rings. The van der Waals surface area contributed by atoms with Gasteiger partial charge in [-0.3, -0.25) is 13.9 Å². The smallest absolute Gasteiger partial charge is 0.304 e. The molecule has 6 nitrogen and oxygen atoms in total. The Bertz CT molecular complexity index is 1270. The van der Waals surface area contributed by atoms with E-state index in [0.29, 0.717) is 22.6 Å². The number of hydrogen-bond acceptors (Lipinski definition) is 5. The number of rotatable bonds is 7. The zero-order chi connectivity index (χ0) is 26.0. The van der Waals surface area contributed by atoms with Crippen LogP contribution in [0.1, 0.15) is 47.9 Å². The number of carbonyl (C=O) groups is 1. The Balaban J connectivity index is 1.73. The predicted molar refractivity (Wildman–Crippen MR) is 134 cm³/mol. The second-order valence-corrected chi connectivity index (χ2v) is 10.9. The fraction of sp³-hybridized carbons (Fsp3) is 0.296. The average molecular weight is 518 g/mol. The SMILES string of the molecule is CCC1CN(Cc2cc(C(CC(=O)O)c3ccc(F)cc3F)ccc2C)S(O)(O)c2ccccc2O1. The highest BCUT2D eigenvalue weighted by atomic mass is 32.3. The lowest BCUT2D eigenvalue weighted by Gasteiger charge is -2.42. The van der Waals surface area contributed by atoms with Crippen LogP contribution in [-0.4, -0.2) is 37.1 Å². The van der Waals surface area contributed by atoms with Crippen LogP contribution in [0.4, 0.5) is 8.78 Å². The van der Waals surface area contributed by atoms with Crippen LogP contribution >= 0.6 is 10.8 Å². The van der Waals surface area contributed by atoms with Crippen LogP contribution in [-0.2, 0) is 11.3 Å². The van der Waals surface area contributed by atoms with E-state index in [9.17, 15) is 27.8 Å². The molecule has 0 bridgehead atoms. The van der Waals surface area contributed by atoms with Gasteiger partial charge in [0.05, 0.1) is 13.0 Å². The Labute approximate surface area is 210 Å². The van der Waals surface area contributed by atoms with Gasteiger partial charge in [0.2, 0.25) is 0 Å². The minimum absolute atomic E-state index is 0.0843. The second-order valence-electron chi connectivity index (χ2n) is 8.94.